The zero-order valence-corrected chi connectivity index (χ0v) is 10.00. The van der Waals surface area contributed by atoms with E-state index in [-0.39, 0.29) is 17.1 Å². The summed E-state index contributed by atoms with van der Waals surface area (Å²) in [5.74, 6) is 0.265. The average molecular weight is 247 g/mol. The second-order valence-corrected chi connectivity index (χ2v) is 5.50. The number of allylic oxidation sites excluding steroid dienone is 4. The van der Waals surface area contributed by atoms with Gasteiger partial charge in [0.2, 0.25) is 0 Å². The van der Waals surface area contributed by atoms with E-state index in [9.17, 15) is 4.79 Å². The number of rotatable bonds is 0. The van der Waals surface area contributed by atoms with E-state index in [4.69, 9.17) is 0 Å². The molecule has 1 heterocycles. The molecular weight excluding hydrogens is 238 g/mol. The lowest BCUT2D eigenvalue weighted by molar-refractivity contribution is -0.117. The van der Waals surface area contributed by atoms with Gasteiger partial charge in [0.15, 0.2) is 5.78 Å². The number of carbonyl (C=O) groups excluding carboxylic acids is 1. The van der Waals surface area contributed by atoms with E-state index in [0.29, 0.717) is 0 Å². The first-order valence-corrected chi connectivity index (χ1v) is 6.37. The van der Waals surface area contributed by atoms with E-state index in [2.05, 4.69) is 27.6 Å². The zero-order chi connectivity index (χ0) is 12.6. The molecule has 19 heavy (non-hydrogen) atoms. The van der Waals surface area contributed by atoms with E-state index in [1.54, 1.807) is 0 Å². The lowest BCUT2D eigenvalue weighted by atomic mass is 9.74. The molecule has 0 aromatic heterocycles. The van der Waals surface area contributed by atoms with Crippen molar-refractivity contribution in [3.05, 3.63) is 46.5 Å². The Hall–Kier alpha value is -2.36. The van der Waals surface area contributed by atoms with Gasteiger partial charge in [0.1, 0.15) is 11.0 Å². The van der Waals surface area contributed by atoms with Gasteiger partial charge in [-0.1, -0.05) is 24.3 Å². The molecule has 1 aromatic rings. The maximum atomic E-state index is 12.0. The van der Waals surface area contributed by atoms with Gasteiger partial charge in [-0.2, -0.15) is 0 Å². The normalized spacial score (nSPS) is 31.5. The molecule has 0 saturated carbocycles. The molecule has 0 amide bonds. The van der Waals surface area contributed by atoms with E-state index < -0.39 is 0 Å². The highest BCUT2D eigenvalue weighted by Gasteiger charge is 2.45. The van der Waals surface area contributed by atoms with Crippen LogP contribution in [0.25, 0.3) is 11.6 Å². The molecule has 1 aliphatic heterocycles. The fraction of sp³-hybridized carbons (Fsp3) is 0.200. The third-order valence-electron chi connectivity index (χ3n) is 4.52. The second-order valence-electron chi connectivity index (χ2n) is 5.50. The summed E-state index contributed by atoms with van der Waals surface area (Å²) >= 11 is 0. The minimum atomic E-state index is -0.103. The standard InChI is InChI=1S/C15H9N3O/c19-13-5-11-9-1-2-12-14(17-18-16-12)10(9)7-15(11)4-3-8(13)6-15/h1-5,7-8H,6H2. The highest BCUT2D eigenvalue weighted by atomic mass is 16.1. The molecule has 2 bridgehead atoms. The van der Waals surface area contributed by atoms with Crippen LogP contribution in [0, 0.1) is 11.3 Å². The number of ketones is 1. The topological polar surface area (TPSA) is 54.1 Å². The Bertz CT molecular complexity index is 875. The Morgan fingerprint density at radius 1 is 1.32 bits per heavy atom. The van der Waals surface area contributed by atoms with Gasteiger partial charge in [-0.25, -0.2) is 0 Å². The van der Waals surface area contributed by atoms with E-state index >= 15 is 0 Å². The van der Waals surface area contributed by atoms with Crippen LogP contribution in [0.1, 0.15) is 12.0 Å². The molecule has 3 aliphatic carbocycles. The average Bonchev–Trinajstić information content (AvgIpc) is 3.08. The van der Waals surface area contributed by atoms with Crippen molar-refractivity contribution in [2.45, 2.75) is 6.42 Å². The fourth-order valence-corrected chi connectivity index (χ4v) is 3.62. The van der Waals surface area contributed by atoms with Gasteiger partial charge < -0.3 is 0 Å². The first-order valence-electron chi connectivity index (χ1n) is 6.37. The molecule has 4 heteroatoms. The Morgan fingerprint density at radius 3 is 3.21 bits per heavy atom. The molecule has 4 aliphatic rings. The maximum absolute atomic E-state index is 12.0. The summed E-state index contributed by atoms with van der Waals surface area (Å²) in [6, 6.07) is 3.96. The Kier molecular flexibility index (Phi) is 1.40. The molecule has 4 nitrogen and oxygen atoms in total. The predicted octanol–water partition coefficient (Wildman–Crippen LogP) is 1.64. The molecule has 1 spiro atoms. The number of fused-ring (bicyclic) bond motifs is 5. The lowest BCUT2D eigenvalue weighted by Gasteiger charge is -2.27. The Balaban J connectivity index is 1.94. The van der Waals surface area contributed by atoms with Gasteiger partial charge >= 0.3 is 0 Å². The van der Waals surface area contributed by atoms with Gasteiger partial charge in [0, 0.05) is 16.6 Å². The molecule has 0 saturated heterocycles. The van der Waals surface area contributed by atoms with Crippen molar-refractivity contribution in [1.82, 2.24) is 0 Å². The quantitative estimate of drug-likeness (QED) is 0.643. The van der Waals surface area contributed by atoms with Crippen LogP contribution in [0.15, 0.2) is 45.8 Å². The summed E-state index contributed by atoms with van der Waals surface area (Å²) in [6.07, 6.45) is 9.11. The van der Waals surface area contributed by atoms with Gasteiger partial charge in [0.25, 0.3) is 0 Å². The van der Waals surface area contributed by atoms with Crippen molar-refractivity contribution in [2.75, 3.05) is 0 Å². The molecule has 5 rings (SSSR count). The largest absolute Gasteiger partial charge is 0.294 e. The molecule has 1 aromatic carbocycles. The van der Waals surface area contributed by atoms with Crippen molar-refractivity contribution in [3.63, 3.8) is 0 Å². The van der Waals surface area contributed by atoms with Crippen LogP contribution in [-0.2, 0) is 4.79 Å². The molecule has 0 radical (unpaired) electrons. The van der Waals surface area contributed by atoms with E-state index in [1.165, 1.54) is 0 Å². The van der Waals surface area contributed by atoms with Crippen molar-refractivity contribution in [2.24, 2.45) is 26.8 Å². The minimum Gasteiger partial charge on any atom is -0.294 e. The van der Waals surface area contributed by atoms with Crippen molar-refractivity contribution >= 4 is 23.1 Å². The van der Waals surface area contributed by atoms with Crippen molar-refractivity contribution < 1.29 is 4.79 Å². The number of carbonyl (C=O) groups is 1. The lowest BCUT2D eigenvalue weighted by Crippen LogP contribution is -2.24. The van der Waals surface area contributed by atoms with Crippen LogP contribution < -0.4 is 10.6 Å². The molecule has 0 N–H and O–H groups in total. The first-order chi connectivity index (χ1) is 9.27. The first kappa shape index (κ1) is 9.55. The summed E-state index contributed by atoms with van der Waals surface area (Å²) in [4.78, 5) is 12.0. The van der Waals surface area contributed by atoms with Crippen LogP contribution in [0.5, 0.6) is 0 Å². The van der Waals surface area contributed by atoms with Crippen LogP contribution in [-0.4, -0.2) is 5.78 Å². The van der Waals surface area contributed by atoms with Gasteiger partial charge in [-0.3, -0.25) is 4.79 Å². The van der Waals surface area contributed by atoms with Crippen molar-refractivity contribution in [3.8, 4) is 0 Å². The van der Waals surface area contributed by atoms with Gasteiger partial charge in [-0.15, -0.1) is 10.2 Å². The summed E-state index contributed by atoms with van der Waals surface area (Å²) < 4.78 is 0. The van der Waals surface area contributed by atoms with Crippen LogP contribution >= 0.6 is 0 Å². The molecule has 90 valence electrons. The Labute approximate surface area is 108 Å². The summed E-state index contributed by atoms with van der Waals surface area (Å²) in [5, 5.41) is 13.8. The third-order valence-corrected chi connectivity index (χ3v) is 4.52. The predicted molar refractivity (Wildman–Crippen MR) is 68.9 cm³/mol. The summed E-state index contributed by atoms with van der Waals surface area (Å²) in [7, 11) is 0. The van der Waals surface area contributed by atoms with Gasteiger partial charge in [-0.05, 0) is 34.9 Å². The van der Waals surface area contributed by atoms with Crippen molar-refractivity contribution in [1.29, 1.82) is 0 Å². The number of hydrogen-bond donors (Lipinski definition) is 0. The highest BCUT2D eigenvalue weighted by Crippen LogP contribution is 2.52. The van der Waals surface area contributed by atoms with Crippen LogP contribution in [0.4, 0.5) is 5.69 Å². The third kappa shape index (κ3) is 0.975. The van der Waals surface area contributed by atoms with Gasteiger partial charge in [0.05, 0.1) is 0 Å². The smallest absolute Gasteiger partial charge is 0.162 e. The molecular formula is C15H9N3O. The number of benzene rings is 1. The summed E-state index contributed by atoms with van der Waals surface area (Å²) in [6.45, 7) is 0. The molecule has 2 atom stereocenters. The van der Waals surface area contributed by atoms with E-state index in [0.717, 1.165) is 33.8 Å². The SMILES string of the molecule is O=C1C=C2c3ccc4c(c3=CC23C=CC1C3)=NN=N4. The zero-order valence-electron chi connectivity index (χ0n) is 10.00. The number of hydrogen-bond acceptors (Lipinski definition) is 4. The molecule has 2 unspecified atom stereocenters. The summed E-state index contributed by atoms with van der Waals surface area (Å²) in [5.41, 5.74) is 2.93. The Morgan fingerprint density at radius 2 is 2.26 bits per heavy atom. The second kappa shape index (κ2) is 2.79. The highest BCUT2D eigenvalue weighted by molar-refractivity contribution is 6.06. The minimum absolute atomic E-state index is 0.0497. The maximum Gasteiger partial charge on any atom is 0.162 e. The fourth-order valence-electron chi connectivity index (χ4n) is 3.62. The number of nitrogens with zero attached hydrogens (tertiary/aromatic N) is 3. The van der Waals surface area contributed by atoms with Crippen LogP contribution in [0.3, 0.4) is 0 Å². The van der Waals surface area contributed by atoms with Crippen LogP contribution in [0.2, 0.25) is 0 Å². The molecule has 0 fully saturated rings. The monoisotopic (exact) mass is 247 g/mol. The van der Waals surface area contributed by atoms with E-state index in [1.807, 2.05) is 24.3 Å².